The lowest BCUT2D eigenvalue weighted by Crippen LogP contribution is -2.07. The van der Waals surface area contributed by atoms with Crippen molar-refractivity contribution in [3.63, 3.8) is 0 Å². The van der Waals surface area contributed by atoms with Gasteiger partial charge in [-0.15, -0.1) is 0 Å². The van der Waals surface area contributed by atoms with Gasteiger partial charge in [-0.05, 0) is 46.3 Å². The average molecular weight is 415 g/mol. The van der Waals surface area contributed by atoms with E-state index < -0.39 is 11.7 Å². The normalized spacial score (nSPS) is 11.5. The van der Waals surface area contributed by atoms with Crippen LogP contribution in [-0.4, -0.2) is 5.11 Å². The molecule has 2 aromatic carbocycles. The van der Waals surface area contributed by atoms with Crippen LogP contribution in [0.25, 0.3) is 0 Å². The van der Waals surface area contributed by atoms with Gasteiger partial charge in [-0.25, -0.2) is 0 Å². The quantitative estimate of drug-likeness (QED) is 0.636. The first-order valence-electron chi connectivity index (χ1n) is 5.96. The molecule has 118 valence electrons. The van der Waals surface area contributed by atoms with Gasteiger partial charge in [-0.1, -0.05) is 23.2 Å². The fourth-order valence-corrected chi connectivity index (χ4v) is 2.84. The Morgan fingerprint density at radius 3 is 2.45 bits per heavy atom. The highest BCUT2D eigenvalue weighted by Crippen LogP contribution is 2.35. The van der Waals surface area contributed by atoms with E-state index in [1.54, 1.807) is 0 Å². The highest BCUT2D eigenvalue weighted by atomic mass is 79.9. The molecular weight excluding hydrogens is 406 g/mol. The van der Waals surface area contributed by atoms with Gasteiger partial charge in [0, 0.05) is 17.1 Å². The van der Waals surface area contributed by atoms with Crippen LogP contribution in [0.4, 0.5) is 18.9 Å². The number of anilines is 1. The van der Waals surface area contributed by atoms with E-state index in [0.717, 1.165) is 12.1 Å². The molecule has 0 spiro atoms. The van der Waals surface area contributed by atoms with Gasteiger partial charge in [0.2, 0.25) is 0 Å². The Bertz CT molecular complexity index is 707. The summed E-state index contributed by atoms with van der Waals surface area (Å²) in [6.45, 7) is 0.0615. The van der Waals surface area contributed by atoms with Crippen LogP contribution in [0.1, 0.15) is 11.1 Å². The van der Waals surface area contributed by atoms with Crippen molar-refractivity contribution in [3.05, 3.63) is 56.0 Å². The number of aromatic hydroxyl groups is 1. The monoisotopic (exact) mass is 413 g/mol. The first-order valence-corrected chi connectivity index (χ1v) is 7.51. The molecule has 0 unspecified atom stereocenters. The number of nitrogens with one attached hydrogen (secondary N) is 1. The van der Waals surface area contributed by atoms with E-state index in [1.165, 1.54) is 18.2 Å². The lowest BCUT2D eigenvalue weighted by Gasteiger charge is -2.13. The summed E-state index contributed by atoms with van der Waals surface area (Å²) in [5, 5.41) is 13.2. The zero-order valence-electron chi connectivity index (χ0n) is 10.8. The second-order valence-corrected chi connectivity index (χ2v) is 6.14. The van der Waals surface area contributed by atoms with E-state index >= 15 is 0 Å². The van der Waals surface area contributed by atoms with Crippen LogP contribution in [0.3, 0.4) is 0 Å². The molecule has 0 heterocycles. The van der Waals surface area contributed by atoms with Gasteiger partial charge in [0.05, 0.1) is 20.7 Å². The Hall–Kier alpha value is -1.11. The molecule has 0 saturated heterocycles. The third-order valence-electron chi connectivity index (χ3n) is 2.87. The summed E-state index contributed by atoms with van der Waals surface area (Å²) >= 11 is 14.9. The molecule has 2 N–H and O–H groups in total. The molecule has 0 amide bonds. The van der Waals surface area contributed by atoms with Crippen molar-refractivity contribution >= 4 is 44.8 Å². The lowest BCUT2D eigenvalue weighted by molar-refractivity contribution is -0.137. The lowest BCUT2D eigenvalue weighted by atomic mass is 10.1. The average Bonchev–Trinajstić information content (AvgIpc) is 2.41. The van der Waals surface area contributed by atoms with Crippen LogP contribution in [0.15, 0.2) is 34.8 Å². The van der Waals surface area contributed by atoms with E-state index in [2.05, 4.69) is 21.2 Å². The summed E-state index contributed by atoms with van der Waals surface area (Å²) in [5.41, 5.74) is -0.268. The number of halogens is 6. The SMILES string of the molecule is Oc1c(Br)cc(Cl)cc1CNc1cc(C(F)(F)F)ccc1Cl. The first-order chi connectivity index (χ1) is 10.2. The minimum atomic E-state index is -4.46. The Morgan fingerprint density at radius 2 is 1.82 bits per heavy atom. The maximum Gasteiger partial charge on any atom is 0.416 e. The van der Waals surface area contributed by atoms with Gasteiger partial charge in [-0.3, -0.25) is 0 Å². The summed E-state index contributed by atoms with van der Waals surface area (Å²) in [4.78, 5) is 0. The minimum absolute atomic E-state index is 0.0417. The molecule has 2 aromatic rings. The van der Waals surface area contributed by atoms with Gasteiger partial charge in [0.25, 0.3) is 0 Å². The highest BCUT2D eigenvalue weighted by Gasteiger charge is 2.30. The smallest absolute Gasteiger partial charge is 0.416 e. The predicted octanol–water partition coefficient (Wildman–Crippen LogP) is 6.09. The first kappa shape index (κ1) is 17.2. The number of hydrogen-bond acceptors (Lipinski definition) is 2. The molecule has 0 saturated carbocycles. The number of alkyl halides is 3. The molecule has 0 bridgehead atoms. The number of phenols is 1. The van der Waals surface area contributed by atoms with Gasteiger partial charge in [0.1, 0.15) is 5.75 Å². The Balaban J connectivity index is 2.25. The summed E-state index contributed by atoms with van der Waals surface area (Å²) in [6, 6.07) is 6.01. The topological polar surface area (TPSA) is 32.3 Å². The molecule has 0 fully saturated rings. The molecule has 2 nitrogen and oxygen atoms in total. The maximum absolute atomic E-state index is 12.7. The molecule has 0 aliphatic heterocycles. The van der Waals surface area contributed by atoms with E-state index in [-0.39, 0.29) is 23.0 Å². The van der Waals surface area contributed by atoms with Crippen LogP contribution in [-0.2, 0) is 12.7 Å². The van der Waals surface area contributed by atoms with Crippen molar-refractivity contribution in [1.29, 1.82) is 0 Å². The molecule has 2 rings (SSSR count). The van der Waals surface area contributed by atoms with E-state index in [4.69, 9.17) is 23.2 Å². The van der Waals surface area contributed by atoms with Crippen molar-refractivity contribution in [2.75, 3.05) is 5.32 Å². The number of phenolic OH excluding ortho intramolecular Hbond substituents is 1. The molecule has 0 aliphatic carbocycles. The van der Waals surface area contributed by atoms with E-state index in [9.17, 15) is 18.3 Å². The van der Waals surface area contributed by atoms with Gasteiger partial charge in [-0.2, -0.15) is 13.2 Å². The Labute approximate surface area is 143 Å². The molecular formula is C14H9BrCl2F3NO. The van der Waals surface area contributed by atoms with Gasteiger partial charge < -0.3 is 10.4 Å². The zero-order valence-corrected chi connectivity index (χ0v) is 13.9. The molecule has 0 atom stereocenters. The van der Waals surface area contributed by atoms with Crippen molar-refractivity contribution in [2.45, 2.75) is 12.7 Å². The second kappa shape index (κ2) is 6.56. The molecule has 8 heteroatoms. The predicted molar refractivity (Wildman–Crippen MR) is 84.6 cm³/mol. The molecule has 0 aliphatic rings. The van der Waals surface area contributed by atoms with E-state index in [0.29, 0.717) is 15.1 Å². The van der Waals surface area contributed by atoms with Crippen molar-refractivity contribution < 1.29 is 18.3 Å². The fourth-order valence-electron chi connectivity index (χ4n) is 1.78. The third-order valence-corrected chi connectivity index (χ3v) is 4.02. The highest BCUT2D eigenvalue weighted by molar-refractivity contribution is 9.10. The number of hydrogen-bond donors (Lipinski definition) is 2. The van der Waals surface area contributed by atoms with Crippen molar-refractivity contribution in [1.82, 2.24) is 0 Å². The van der Waals surface area contributed by atoms with Gasteiger partial charge >= 0.3 is 6.18 Å². The Kier molecular flexibility index (Phi) is 5.14. The molecule has 22 heavy (non-hydrogen) atoms. The van der Waals surface area contributed by atoms with Crippen LogP contribution >= 0.6 is 39.1 Å². The zero-order chi connectivity index (χ0) is 16.5. The maximum atomic E-state index is 12.7. The van der Waals surface area contributed by atoms with Crippen LogP contribution in [0.2, 0.25) is 10.0 Å². The molecule has 0 radical (unpaired) electrons. The van der Waals surface area contributed by atoms with Gasteiger partial charge in [0.15, 0.2) is 0 Å². The third kappa shape index (κ3) is 4.00. The largest absolute Gasteiger partial charge is 0.506 e. The summed E-state index contributed by atoms with van der Waals surface area (Å²) in [5.74, 6) is -0.0417. The van der Waals surface area contributed by atoms with Crippen LogP contribution < -0.4 is 5.32 Å². The molecule has 0 aromatic heterocycles. The minimum Gasteiger partial charge on any atom is -0.506 e. The summed E-state index contributed by atoms with van der Waals surface area (Å²) in [7, 11) is 0. The fraction of sp³-hybridized carbons (Fsp3) is 0.143. The van der Waals surface area contributed by atoms with Crippen LogP contribution in [0.5, 0.6) is 5.75 Å². The van der Waals surface area contributed by atoms with Crippen molar-refractivity contribution in [2.24, 2.45) is 0 Å². The second-order valence-electron chi connectivity index (χ2n) is 4.44. The van der Waals surface area contributed by atoms with Crippen molar-refractivity contribution in [3.8, 4) is 5.75 Å². The van der Waals surface area contributed by atoms with E-state index in [1.807, 2.05) is 0 Å². The number of rotatable bonds is 3. The Morgan fingerprint density at radius 1 is 1.14 bits per heavy atom. The summed E-state index contributed by atoms with van der Waals surface area (Å²) < 4.78 is 38.5. The standard InChI is InChI=1S/C14H9BrCl2F3NO/c15-10-5-9(16)3-7(13(10)22)6-21-12-4-8(14(18,19)20)1-2-11(12)17/h1-5,21-22H,6H2. The number of benzene rings is 2. The summed E-state index contributed by atoms with van der Waals surface area (Å²) in [6.07, 6.45) is -4.46. The van der Waals surface area contributed by atoms with Crippen LogP contribution in [0, 0.1) is 0 Å².